The van der Waals surface area contributed by atoms with Crippen molar-refractivity contribution in [2.75, 3.05) is 58.9 Å². The monoisotopic (exact) mass is 1080 g/mol. The van der Waals surface area contributed by atoms with E-state index in [4.69, 9.17) is 24.1 Å². The van der Waals surface area contributed by atoms with Gasteiger partial charge in [-0.1, -0.05) is 25.1 Å². The summed E-state index contributed by atoms with van der Waals surface area (Å²) < 4.78 is 23.8. The lowest BCUT2D eigenvalue weighted by Crippen LogP contribution is -2.45. The van der Waals surface area contributed by atoms with Crippen LogP contribution >= 0.6 is 11.3 Å². The fourth-order valence-corrected chi connectivity index (χ4v) is 10.1. The molecule has 2 aliphatic carbocycles. The molecule has 6 rings (SSSR count). The number of nitrogens with zero attached hydrogens (tertiary/aromatic N) is 2. The molecular weight excluding hydrogens is 1010 g/mol. The predicted molar refractivity (Wildman–Crippen MR) is 288 cm³/mol. The first-order valence-corrected chi connectivity index (χ1v) is 26.9. The van der Waals surface area contributed by atoms with Crippen molar-refractivity contribution in [1.29, 1.82) is 0 Å². The summed E-state index contributed by atoms with van der Waals surface area (Å²) in [7, 11) is 3.14. The number of anilines is 1. The Morgan fingerprint density at radius 2 is 1.57 bits per heavy atom. The van der Waals surface area contributed by atoms with E-state index in [9.17, 15) is 43.2 Å². The number of amides is 6. The van der Waals surface area contributed by atoms with Crippen LogP contribution in [0.1, 0.15) is 122 Å². The molecule has 77 heavy (non-hydrogen) atoms. The third-order valence-corrected chi connectivity index (χ3v) is 14.5. The minimum atomic E-state index is -1.02. The molecule has 0 fully saturated rings. The van der Waals surface area contributed by atoms with Gasteiger partial charge in [0, 0.05) is 87.3 Å². The number of carbonyl (C=O) groups excluding carboxylic acids is 8. The van der Waals surface area contributed by atoms with Crippen LogP contribution in [0.15, 0.2) is 89.6 Å². The highest BCUT2D eigenvalue weighted by molar-refractivity contribution is 7.15. The van der Waals surface area contributed by atoms with Crippen LogP contribution in [0.5, 0.6) is 0 Å². The summed E-state index contributed by atoms with van der Waals surface area (Å²) in [6.07, 6.45) is 13.9. The summed E-state index contributed by atoms with van der Waals surface area (Å²) in [5, 5.41) is 16.9. The van der Waals surface area contributed by atoms with Gasteiger partial charge in [0.2, 0.25) is 23.6 Å². The maximum atomic E-state index is 13.3. The number of carboxylic acid groups (broad SMARTS) is 1. The van der Waals surface area contributed by atoms with Crippen LogP contribution in [0, 0.1) is 0 Å². The van der Waals surface area contributed by atoms with Gasteiger partial charge in [-0.05, 0) is 110 Å². The first kappa shape index (κ1) is 58.8. The number of methoxy groups -OCH3 is 2. The smallest absolute Gasteiger partial charge is 0.303 e. The molecule has 2 aromatic rings. The highest BCUT2D eigenvalue weighted by Gasteiger charge is 2.29. The Hall–Kier alpha value is -7.45. The maximum Gasteiger partial charge on any atom is 0.303 e. The number of carbonyl (C=O) groups is 9. The van der Waals surface area contributed by atoms with Gasteiger partial charge in [0.1, 0.15) is 23.7 Å². The van der Waals surface area contributed by atoms with Gasteiger partial charge < -0.3 is 44.9 Å². The molecule has 4 N–H and O–H groups in total. The Balaban J connectivity index is 0.807. The zero-order valence-electron chi connectivity index (χ0n) is 44.0. The van der Waals surface area contributed by atoms with Gasteiger partial charge in [-0.2, -0.15) is 0 Å². The van der Waals surface area contributed by atoms with Crippen LogP contribution in [0.25, 0.3) is 11.6 Å². The molecule has 0 radical (unpaired) electrons. The normalized spacial score (nSPS) is 16.3. The molecule has 20 heteroatoms. The number of unbranched alkanes of at least 4 members (excludes halogenated alkanes) is 3. The Kier molecular flexibility index (Phi) is 22.3. The number of allylic oxidation sites excluding steroid dienone is 1. The highest BCUT2D eigenvalue weighted by Crippen LogP contribution is 2.38. The Morgan fingerprint density at radius 1 is 0.818 bits per heavy atom. The van der Waals surface area contributed by atoms with E-state index in [1.807, 2.05) is 30.4 Å². The third-order valence-electron chi connectivity index (χ3n) is 13.4. The Bertz CT molecular complexity index is 2710. The van der Waals surface area contributed by atoms with E-state index in [0.29, 0.717) is 112 Å². The summed E-state index contributed by atoms with van der Waals surface area (Å²) in [5.41, 5.74) is 5.27. The van der Waals surface area contributed by atoms with Crippen LogP contribution in [0.4, 0.5) is 5.69 Å². The van der Waals surface area contributed by atoms with Gasteiger partial charge >= 0.3 is 5.97 Å². The summed E-state index contributed by atoms with van der Waals surface area (Å²) in [6.45, 7) is 7.39. The zero-order chi connectivity index (χ0) is 55.4. The number of ether oxygens (including phenoxy) is 4. The molecule has 0 bridgehead atoms. The Labute approximate surface area is 452 Å². The van der Waals surface area contributed by atoms with Gasteiger partial charge in [0.25, 0.3) is 11.8 Å². The molecule has 2 atom stereocenters. The second-order valence-electron chi connectivity index (χ2n) is 19.2. The van der Waals surface area contributed by atoms with Crippen molar-refractivity contribution in [3.63, 3.8) is 0 Å². The largest absolute Gasteiger partial charge is 0.498 e. The number of carboxylic acids is 1. The van der Waals surface area contributed by atoms with E-state index in [-0.39, 0.29) is 73.8 Å². The second kappa shape index (κ2) is 29.2. The van der Waals surface area contributed by atoms with E-state index >= 15 is 0 Å². The number of hydrogen-bond acceptors (Lipinski definition) is 14. The van der Waals surface area contributed by atoms with Crippen molar-refractivity contribution in [2.45, 2.75) is 115 Å². The van der Waals surface area contributed by atoms with Crippen LogP contribution in [0.3, 0.4) is 0 Å². The SMILES string of the molecule is C=C1CC(OCCCOC2=CCC3=C(C=C2OC)CN(C(=O)CCC(=O)CCCCc2ccc(NC(=O)[C@H](C)NC(=O)CNC(=O)CCCCCN4C(=O)C=CC4=O)cc2)C3)C(OC)=Cc2sc(C(=O)CCC(=O)O)cc21. The molecule has 4 aliphatic rings. The summed E-state index contributed by atoms with van der Waals surface area (Å²) in [5.74, 6) is -1.44. The van der Waals surface area contributed by atoms with E-state index in [2.05, 4.69) is 22.5 Å². The highest BCUT2D eigenvalue weighted by atomic mass is 32.1. The second-order valence-corrected chi connectivity index (χ2v) is 20.2. The number of benzene rings is 1. The summed E-state index contributed by atoms with van der Waals surface area (Å²) in [6, 6.07) is 8.23. The number of Topliss-reactive ketones (excluding diaryl/α,β-unsaturated/α-hetero) is 2. The van der Waals surface area contributed by atoms with Gasteiger partial charge in [0.15, 0.2) is 17.3 Å². The molecule has 19 nitrogen and oxygen atoms in total. The number of aryl methyl sites for hydroxylation is 1. The van der Waals surface area contributed by atoms with Crippen molar-refractivity contribution in [3.8, 4) is 0 Å². The number of ketones is 2. The maximum absolute atomic E-state index is 13.3. The zero-order valence-corrected chi connectivity index (χ0v) is 44.9. The molecule has 0 spiro atoms. The lowest BCUT2D eigenvalue weighted by atomic mass is 10.0. The predicted octanol–water partition coefficient (Wildman–Crippen LogP) is 6.76. The van der Waals surface area contributed by atoms with E-state index < -0.39 is 29.9 Å². The third kappa shape index (κ3) is 17.8. The number of rotatable bonds is 31. The first-order valence-electron chi connectivity index (χ1n) is 26.0. The fraction of sp³-hybridized carbons (Fsp3) is 0.456. The molecule has 0 saturated heterocycles. The van der Waals surface area contributed by atoms with Crippen molar-refractivity contribution in [2.24, 2.45) is 0 Å². The molecule has 6 amide bonds. The topological polar surface area (TPSA) is 253 Å². The standard InChI is InChI=1S/C57H69N5O14S/c1-36-29-48(47(74-4)32-49-43(36)31-50(77-49)44(64)20-25-56(70)71)76-28-10-27-75-45-21-16-39-34-61(35-40(39)30-46(45)73-3)53(67)22-19-42(63)12-8-7-11-38-14-17-41(18-15-38)60-57(72)37(2)59-52(66)33-58-51(65)13-6-5-9-26-62-54(68)23-24-55(62)69/h14-15,17-18,21,23-24,30-32,37,48H,1,5-13,16,19-20,22,25-29,33-35H2,2-4H3,(H,58,65)(H,59,66)(H,60,72)(H,70,71)/t37-,48?/m0/s1. The molecular formula is C57H69N5O14S. The van der Waals surface area contributed by atoms with Crippen LogP contribution < -0.4 is 16.0 Å². The molecule has 0 saturated carbocycles. The van der Waals surface area contributed by atoms with Gasteiger partial charge in [0.05, 0.1) is 45.3 Å². The van der Waals surface area contributed by atoms with Crippen LogP contribution in [-0.4, -0.2) is 134 Å². The van der Waals surface area contributed by atoms with Gasteiger partial charge in [-0.15, -0.1) is 11.3 Å². The minimum absolute atomic E-state index is 0.0375. The number of imide groups is 1. The molecule has 3 heterocycles. The van der Waals surface area contributed by atoms with Crippen molar-refractivity contribution in [3.05, 3.63) is 111 Å². The molecule has 1 aromatic carbocycles. The van der Waals surface area contributed by atoms with Crippen molar-refractivity contribution >= 4 is 81.7 Å². The number of aliphatic carboxylic acids is 1. The Morgan fingerprint density at radius 3 is 2.30 bits per heavy atom. The average molecular weight is 1080 g/mol. The van der Waals surface area contributed by atoms with E-state index in [1.54, 1.807) is 44.2 Å². The number of hydrogen-bond donors (Lipinski definition) is 4. The molecule has 2 aliphatic heterocycles. The quantitative estimate of drug-likeness (QED) is 0.0346. The lowest BCUT2D eigenvalue weighted by molar-refractivity contribution is -0.138. The molecule has 412 valence electrons. The van der Waals surface area contributed by atoms with Gasteiger partial charge in [-0.3, -0.25) is 48.1 Å². The van der Waals surface area contributed by atoms with Crippen molar-refractivity contribution in [1.82, 2.24) is 20.4 Å². The van der Waals surface area contributed by atoms with Crippen LogP contribution in [-0.2, 0) is 63.7 Å². The summed E-state index contributed by atoms with van der Waals surface area (Å²) in [4.78, 5) is 114. The van der Waals surface area contributed by atoms with Crippen LogP contribution in [0.2, 0.25) is 0 Å². The number of fused-ring (bicyclic) bond motifs is 1. The van der Waals surface area contributed by atoms with E-state index in [1.165, 1.54) is 23.5 Å². The molecule has 1 unspecified atom stereocenters. The number of nitrogens with one attached hydrogen (secondary N) is 3. The fourth-order valence-electron chi connectivity index (χ4n) is 8.98. The molecule has 1 aromatic heterocycles. The first-order chi connectivity index (χ1) is 37.0. The van der Waals surface area contributed by atoms with Crippen molar-refractivity contribution < 1.29 is 67.2 Å². The minimum Gasteiger partial charge on any atom is -0.498 e. The summed E-state index contributed by atoms with van der Waals surface area (Å²) >= 11 is 1.29. The van der Waals surface area contributed by atoms with E-state index in [0.717, 1.165) is 50.5 Å². The lowest BCUT2D eigenvalue weighted by Gasteiger charge is -2.20. The number of thiophene rings is 1. The van der Waals surface area contributed by atoms with Gasteiger partial charge in [-0.25, -0.2) is 0 Å². The average Bonchev–Trinajstić information content (AvgIpc) is 4.08.